The largest absolute Gasteiger partial charge is 0.390 e. The van der Waals surface area contributed by atoms with Crippen LogP contribution in [0.4, 0.5) is 0 Å². The number of likely N-dealkylation sites (tertiary alicyclic amines) is 1. The molecule has 1 aliphatic heterocycles. The lowest BCUT2D eigenvalue weighted by Gasteiger charge is -2.35. The lowest BCUT2D eigenvalue weighted by Crippen LogP contribution is -2.42. The molecule has 18 heavy (non-hydrogen) atoms. The highest BCUT2D eigenvalue weighted by molar-refractivity contribution is 4.89. The summed E-state index contributed by atoms with van der Waals surface area (Å²) in [6, 6.07) is 0. The summed E-state index contributed by atoms with van der Waals surface area (Å²) >= 11 is 0. The normalized spacial score (nSPS) is 32.7. The van der Waals surface area contributed by atoms with Crippen LogP contribution in [0.1, 0.15) is 72.1 Å². The van der Waals surface area contributed by atoms with Crippen LogP contribution in [-0.2, 0) is 0 Å². The van der Waals surface area contributed by atoms with Crippen molar-refractivity contribution in [3.63, 3.8) is 0 Å². The van der Waals surface area contributed by atoms with E-state index < -0.39 is 0 Å². The SMILES string of the molecule is CC(C)(C)N1CCCC(O)(CC2CCCC2)CC1. The molecule has 1 aliphatic carbocycles. The second-order valence-corrected chi connectivity index (χ2v) is 7.59. The molecule has 1 heterocycles. The summed E-state index contributed by atoms with van der Waals surface area (Å²) in [4.78, 5) is 2.54. The zero-order chi connectivity index (χ0) is 13.2. The van der Waals surface area contributed by atoms with Crippen molar-refractivity contribution in [3.8, 4) is 0 Å². The van der Waals surface area contributed by atoms with Crippen LogP contribution in [0.3, 0.4) is 0 Å². The van der Waals surface area contributed by atoms with Gasteiger partial charge in [-0.05, 0) is 58.9 Å². The standard InChI is InChI=1S/C16H31NO/c1-15(2,3)17-11-6-9-16(18,10-12-17)13-14-7-4-5-8-14/h14,18H,4-13H2,1-3H3. The molecular weight excluding hydrogens is 222 g/mol. The van der Waals surface area contributed by atoms with Crippen LogP contribution in [0.5, 0.6) is 0 Å². The molecule has 0 amide bonds. The van der Waals surface area contributed by atoms with E-state index in [0.717, 1.165) is 44.7 Å². The first-order valence-corrected chi connectivity index (χ1v) is 7.87. The van der Waals surface area contributed by atoms with Gasteiger partial charge in [-0.25, -0.2) is 0 Å². The highest BCUT2D eigenvalue weighted by Crippen LogP contribution is 2.37. The van der Waals surface area contributed by atoms with Gasteiger partial charge in [-0.2, -0.15) is 0 Å². The first-order valence-electron chi connectivity index (χ1n) is 7.87. The number of hydrogen-bond acceptors (Lipinski definition) is 2. The van der Waals surface area contributed by atoms with Crippen molar-refractivity contribution >= 4 is 0 Å². The Morgan fingerprint density at radius 1 is 1.06 bits per heavy atom. The molecule has 1 N–H and O–H groups in total. The van der Waals surface area contributed by atoms with E-state index in [1.165, 1.54) is 25.7 Å². The van der Waals surface area contributed by atoms with E-state index in [4.69, 9.17) is 0 Å². The summed E-state index contributed by atoms with van der Waals surface area (Å²) in [5.41, 5.74) is -0.117. The molecule has 0 aromatic heterocycles. The molecule has 0 bridgehead atoms. The summed E-state index contributed by atoms with van der Waals surface area (Å²) in [6.07, 6.45) is 9.67. The maximum atomic E-state index is 10.9. The van der Waals surface area contributed by atoms with Crippen LogP contribution in [0, 0.1) is 5.92 Å². The molecule has 0 aromatic rings. The van der Waals surface area contributed by atoms with E-state index >= 15 is 0 Å². The Hall–Kier alpha value is -0.0800. The van der Waals surface area contributed by atoms with Crippen LogP contribution in [0.2, 0.25) is 0 Å². The molecule has 2 heteroatoms. The van der Waals surface area contributed by atoms with Gasteiger partial charge in [0.15, 0.2) is 0 Å². The molecule has 1 saturated carbocycles. The number of aliphatic hydroxyl groups is 1. The summed E-state index contributed by atoms with van der Waals surface area (Å²) in [5.74, 6) is 0.802. The third-order valence-electron chi connectivity index (χ3n) is 5.01. The minimum Gasteiger partial charge on any atom is -0.390 e. The van der Waals surface area contributed by atoms with Crippen molar-refractivity contribution in [3.05, 3.63) is 0 Å². The number of hydrogen-bond donors (Lipinski definition) is 1. The Morgan fingerprint density at radius 2 is 1.72 bits per heavy atom. The fourth-order valence-electron chi connectivity index (χ4n) is 3.81. The van der Waals surface area contributed by atoms with Gasteiger partial charge in [0, 0.05) is 12.1 Å². The molecule has 0 spiro atoms. The van der Waals surface area contributed by atoms with Crippen molar-refractivity contribution < 1.29 is 5.11 Å². The molecule has 2 fully saturated rings. The molecule has 106 valence electrons. The maximum absolute atomic E-state index is 10.9. The molecule has 1 unspecified atom stereocenters. The molecule has 0 radical (unpaired) electrons. The third kappa shape index (κ3) is 3.71. The third-order valence-corrected chi connectivity index (χ3v) is 5.01. The average Bonchev–Trinajstić information content (AvgIpc) is 2.65. The molecule has 1 saturated heterocycles. The van der Waals surface area contributed by atoms with Gasteiger partial charge in [0.25, 0.3) is 0 Å². The monoisotopic (exact) mass is 253 g/mol. The molecule has 2 aliphatic rings. The summed E-state index contributed by atoms with van der Waals surface area (Å²) in [7, 11) is 0. The van der Waals surface area contributed by atoms with Gasteiger partial charge in [0.1, 0.15) is 0 Å². The molecule has 2 nitrogen and oxygen atoms in total. The Labute approximate surface area is 113 Å². The van der Waals surface area contributed by atoms with Crippen LogP contribution >= 0.6 is 0 Å². The van der Waals surface area contributed by atoms with Gasteiger partial charge in [-0.15, -0.1) is 0 Å². The Bertz CT molecular complexity index is 265. The smallest absolute Gasteiger partial charge is 0.0663 e. The van der Waals surface area contributed by atoms with Gasteiger partial charge in [-0.3, -0.25) is 4.90 Å². The van der Waals surface area contributed by atoms with E-state index in [9.17, 15) is 5.11 Å². The van der Waals surface area contributed by atoms with E-state index in [0.29, 0.717) is 0 Å². The van der Waals surface area contributed by atoms with Gasteiger partial charge < -0.3 is 5.11 Å². The average molecular weight is 253 g/mol. The number of nitrogens with zero attached hydrogens (tertiary/aromatic N) is 1. The lowest BCUT2D eigenvalue weighted by atomic mass is 9.84. The molecule has 0 aromatic carbocycles. The fourth-order valence-corrected chi connectivity index (χ4v) is 3.81. The predicted molar refractivity (Wildman–Crippen MR) is 76.7 cm³/mol. The second kappa shape index (κ2) is 5.50. The summed E-state index contributed by atoms with van der Waals surface area (Å²) in [5, 5.41) is 10.9. The van der Waals surface area contributed by atoms with E-state index in [1.807, 2.05) is 0 Å². The van der Waals surface area contributed by atoms with Crippen LogP contribution in [0.15, 0.2) is 0 Å². The quantitative estimate of drug-likeness (QED) is 0.813. The van der Waals surface area contributed by atoms with Gasteiger partial charge in [0.2, 0.25) is 0 Å². The Kier molecular flexibility index (Phi) is 4.38. The first kappa shape index (κ1) is 14.3. The Morgan fingerprint density at radius 3 is 2.33 bits per heavy atom. The predicted octanol–water partition coefficient (Wildman–Crippen LogP) is 3.58. The molecule has 1 atom stereocenters. The van der Waals surface area contributed by atoms with Crippen LogP contribution in [-0.4, -0.2) is 34.2 Å². The van der Waals surface area contributed by atoms with Crippen molar-refractivity contribution in [2.75, 3.05) is 13.1 Å². The maximum Gasteiger partial charge on any atom is 0.0663 e. The van der Waals surface area contributed by atoms with Crippen LogP contribution < -0.4 is 0 Å². The zero-order valence-corrected chi connectivity index (χ0v) is 12.5. The summed E-state index contributed by atoms with van der Waals surface area (Å²) in [6.45, 7) is 9.07. The van der Waals surface area contributed by atoms with Crippen molar-refractivity contribution in [1.29, 1.82) is 0 Å². The number of rotatable bonds is 2. The van der Waals surface area contributed by atoms with Gasteiger partial charge in [-0.1, -0.05) is 25.7 Å². The van der Waals surface area contributed by atoms with E-state index in [1.54, 1.807) is 0 Å². The lowest BCUT2D eigenvalue weighted by molar-refractivity contribution is 0.0000128. The second-order valence-electron chi connectivity index (χ2n) is 7.59. The minimum absolute atomic E-state index is 0.249. The Balaban J connectivity index is 1.90. The highest BCUT2D eigenvalue weighted by Gasteiger charge is 2.35. The molecular formula is C16H31NO. The van der Waals surface area contributed by atoms with Gasteiger partial charge in [0.05, 0.1) is 5.60 Å². The van der Waals surface area contributed by atoms with Gasteiger partial charge >= 0.3 is 0 Å². The van der Waals surface area contributed by atoms with Crippen molar-refractivity contribution in [1.82, 2.24) is 4.90 Å². The fraction of sp³-hybridized carbons (Fsp3) is 1.00. The van der Waals surface area contributed by atoms with E-state index in [-0.39, 0.29) is 11.1 Å². The first-order chi connectivity index (χ1) is 8.39. The summed E-state index contributed by atoms with van der Waals surface area (Å²) < 4.78 is 0. The molecule has 2 rings (SSSR count). The van der Waals surface area contributed by atoms with E-state index in [2.05, 4.69) is 25.7 Å². The zero-order valence-electron chi connectivity index (χ0n) is 12.5. The highest BCUT2D eigenvalue weighted by atomic mass is 16.3. The topological polar surface area (TPSA) is 23.5 Å². The van der Waals surface area contributed by atoms with Crippen molar-refractivity contribution in [2.45, 2.75) is 83.3 Å². The van der Waals surface area contributed by atoms with Crippen molar-refractivity contribution in [2.24, 2.45) is 5.92 Å². The van der Waals surface area contributed by atoms with Crippen LogP contribution in [0.25, 0.3) is 0 Å². The minimum atomic E-state index is -0.366.